The zero-order valence-corrected chi connectivity index (χ0v) is 12.5. The molecule has 0 saturated carbocycles. The Labute approximate surface area is 122 Å². The van der Waals surface area contributed by atoms with Crippen molar-refractivity contribution in [2.75, 3.05) is 6.26 Å². The second-order valence-corrected chi connectivity index (χ2v) is 5.23. The zero-order valence-electron chi connectivity index (χ0n) is 9.23. The molecule has 0 spiro atoms. The summed E-state index contributed by atoms with van der Waals surface area (Å²) in [5.74, 6) is 0. The van der Waals surface area contributed by atoms with Gasteiger partial charge in [0.1, 0.15) is 0 Å². The molecule has 0 atom stereocenters. The minimum atomic E-state index is 0.704. The average Bonchev–Trinajstić information content (AvgIpc) is 2.34. The highest BCUT2D eigenvalue weighted by Crippen LogP contribution is 2.23. The van der Waals surface area contributed by atoms with Crippen molar-refractivity contribution in [1.29, 1.82) is 0 Å². The van der Waals surface area contributed by atoms with Crippen LogP contribution in [0, 0.1) is 0 Å². The van der Waals surface area contributed by atoms with Crippen LogP contribution in [-0.4, -0.2) is 6.26 Å². The first-order valence-electron chi connectivity index (χ1n) is 4.87. The molecule has 4 heteroatoms. The summed E-state index contributed by atoms with van der Waals surface area (Å²) in [6, 6.07) is 15.3. The van der Waals surface area contributed by atoms with Crippen LogP contribution in [0.4, 0.5) is 0 Å². The van der Waals surface area contributed by atoms with E-state index < -0.39 is 0 Å². The van der Waals surface area contributed by atoms with Crippen molar-refractivity contribution in [3.63, 3.8) is 0 Å². The van der Waals surface area contributed by atoms with Crippen LogP contribution in [-0.2, 0) is 0 Å². The van der Waals surface area contributed by atoms with Gasteiger partial charge in [-0.2, -0.15) is 0 Å². The quantitative estimate of drug-likeness (QED) is 0.521. The topological polar surface area (TPSA) is 0 Å². The third-order valence-corrected chi connectivity index (χ3v) is 4.00. The van der Waals surface area contributed by atoms with E-state index in [9.17, 15) is 0 Å². The van der Waals surface area contributed by atoms with Crippen LogP contribution in [0.15, 0.2) is 58.3 Å². The Morgan fingerprint density at radius 1 is 0.882 bits per heavy atom. The zero-order chi connectivity index (χ0) is 12.7. The van der Waals surface area contributed by atoms with Gasteiger partial charge in [0, 0.05) is 9.79 Å². The number of hydrogen-bond acceptors (Lipinski definition) is 2. The van der Waals surface area contributed by atoms with Crippen LogP contribution in [0.2, 0.25) is 10.0 Å². The van der Waals surface area contributed by atoms with Crippen molar-refractivity contribution >= 4 is 47.6 Å². The molecule has 0 aromatic heterocycles. The highest BCUT2D eigenvalue weighted by molar-refractivity contribution is 7.98. The lowest BCUT2D eigenvalue weighted by Crippen LogP contribution is -1.68. The van der Waals surface area contributed by atoms with E-state index in [1.54, 1.807) is 11.8 Å². The largest absolute Gasteiger partial charge is 0.142 e. The lowest BCUT2D eigenvalue weighted by atomic mass is 10.4. The third kappa shape index (κ3) is 5.26. The molecule has 0 fully saturated rings. The van der Waals surface area contributed by atoms with E-state index in [2.05, 4.69) is 12.6 Å². The Hall–Kier alpha value is -0.280. The molecule has 90 valence electrons. The predicted molar refractivity (Wildman–Crippen MR) is 81.9 cm³/mol. The van der Waals surface area contributed by atoms with Crippen molar-refractivity contribution in [3.05, 3.63) is 58.6 Å². The smallest absolute Gasteiger partial charge is 0.0541 e. The van der Waals surface area contributed by atoms with Gasteiger partial charge in [0.25, 0.3) is 0 Å². The van der Waals surface area contributed by atoms with E-state index in [-0.39, 0.29) is 0 Å². The maximum absolute atomic E-state index is 5.80. The van der Waals surface area contributed by atoms with E-state index in [4.69, 9.17) is 23.2 Å². The van der Waals surface area contributed by atoms with Gasteiger partial charge in [-0.3, -0.25) is 0 Å². The van der Waals surface area contributed by atoms with Crippen LogP contribution >= 0.6 is 47.6 Å². The fourth-order valence-corrected chi connectivity index (χ4v) is 2.20. The van der Waals surface area contributed by atoms with Crippen molar-refractivity contribution in [2.24, 2.45) is 0 Å². The number of benzene rings is 2. The summed E-state index contributed by atoms with van der Waals surface area (Å²) < 4.78 is 0. The van der Waals surface area contributed by atoms with Gasteiger partial charge in [-0.25, -0.2) is 0 Å². The fraction of sp³-hybridized carbons (Fsp3) is 0.0769. The highest BCUT2D eigenvalue weighted by atomic mass is 35.5. The first kappa shape index (κ1) is 14.8. The predicted octanol–water partition coefficient (Wildman–Crippen LogP) is 5.69. The molecule has 2 aromatic carbocycles. The fourth-order valence-electron chi connectivity index (χ4n) is 1.06. The normalized spacial score (nSPS) is 9.41. The molecular formula is C13H12Cl2S2. The maximum atomic E-state index is 5.80. The van der Waals surface area contributed by atoms with Gasteiger partial charge < -0.3 is 0 Å². The summed E-state index contributed by atoms with van der Waals surface area (Å²) in [4.78, 5) is 1.97. The Balaban J connectivity index is 0.000000171. The van der Waals surface area contributed by atoms with Crippen LogP contribution in [0.3, 0.4) is 0 Å². The van der Waals surface area contributed by atoms with Gasteiger partial charge in [0.2, 0.25) is 0 Å². The van der Waals surface area contributed by atoms with Crippen molar-refractivity contribution in [3.8, 4) is 0 Å². The molecule has 0 aliphatic carbocycles. The maximum Gasteiger partial charge on any atom is 0.0541 e. The van der Waals surface area contributed by atoms with E-state index in [1.165, 1.54) is 0 Å². The van der Waals surface area contributed by atoms with E-state index in [1.807, 2.05) is 54.8 Å². The number of thioether (sulfide) groups is 1. The summed E-state index contributed by atoms with van der Waals surface area (Å²) in [7, 11) is 0. The summed E-state index contributed by atoms with van der Waals surface area (Å²) in [5, 5.41) is 1.54. The summed E-state index contributed by atoms with van der Waals surface area (Å²) in [5.41, 5.74) is 0. The van der Waals surface area contributed by atoms with E-state index in [0.717, 1.165) is 14.8 Å². The molecule has 2 rings (SSSR count). The van der Waals surface area contributed by atoms with Crippen LogP contribution in [0.25, 0.3) is 0 Å². The molecule has 0 radical (unpaired) electrons. The van der Waals surface area contributed by atoms with Crippen molar-refractivity contribution in [2.45, 2.75) is 9.79 Å². The Morgan fingerprint density at radius 3 is 1.76 bits per heavy atom. The molecule has 2 aromatic rings. The molecule has 0 heterocycles. The van der Waals surface area contributed by atoms with Crippen molar-refractivity contribution in [1.82, 2.24) is 0 Å². The molecule has 0 saturated heterocycles. The standard InChI is InChI=1S/C7H7ClS.C6H5ClS/c1-9-7-5-3-2-4-6(7)8;7-5-3-1-2-4-6(5)8/h2-5H,1H3;1-4,8H. The SMILES string of the molecule is CSc1ccccc1Cl.Sc1ccccc1Cl. The van der Waals surface area contributed by atoms with E-state index >= 15 is 0 Å². The van der Waals surface area contributed by atoms with Crippen LogP contribution in [0.1, 0.15) is 0 Å². The lowest BCUT2D eigenvalue weighted by molar-refractivity contribution is 1.47. The summed E-state index contributed by atoms with van der Waals surface area (Å²) in [6.07, 6.45) is 2.02. The van der Waals surface area contributed by atoms with Gasteiger partial charge in [0.15, 0.2) is 0 Å². The minimum Gasteiger partial charge on any atom is -0.142 e. The average molecular weight is 303 g/mol. The van der Waals surface area contributed by atoms with Crippen LogP contribution in [0.5, 0.6) is 0 Å². The second kappa shape index (κ2) is 7.93. The monoisotopic (exact) mass is 302 g/mol. The first-order chi connectivity index (χ1) is 8.15. The van der Waals surface area contributed by atoms with Gasteiger partial charge in [-0.05, 0) is 30.5 Å². The number of thiol groups is 1. The molecule has 0 bridgehead atoms. The van der Waals surface area contributed by atoms with Gasteiger partial charge >= 0.3 is 0 Å². The number of hydrogen-bond donors (Lipinski definition) is 1. The Kier molecular flexibility index (Phi) is 6.90. The van der Waals surface area contributed by atoms with Gasteiger partial charge in [-0.15, -0.1) is 24.4 Å². The summed E-state index contributed by atoms with van der Waals surface area (Å²) in [6.45, 7) is 0. The Morgan fingerprint density at radius 2 is 1.41 bits per heavy atom. The molecular weight excluding hydrogens is 291 g/mol. The highest BCUT2D eigenvalue weighted by Gasteiger charge is 1.92. The molecule has 0 N–H and O–H groups in total. The first-order valence-corrected chi connectivity index (χ1v) is 7.30. The molecule has 0 nitrogen and oxygen atoms in total. The number of halogens is 2. The third-order valence-electron chi connectivity index (χ3n) is 1.91. The van der Waals surface area contributed by atoms with E-state index in [0.29, 0.717) is 5.02 Å². The molecule has 0 aliphatic rings. The van der Waals surface area contributed by atoms with Gasteiger partial charge in [0.05, 0.1) is 10.0 Å². The van der Waals surface area contributed by atoms with Crippen molar-refractivity contribution < 1.29 is 0 Å². The summed E-state index contributed by atoms with van der Waals surface area (Å²) >= 11 is 17.2. The molecule has 17 heavy (non-hydrogen) atoms. The lowest BCUT2D eigenvalue weighted by Gasteiger charge is -1.95. The molecule has 0 amide bonds. The van der Waals surface area contributed by atoms with Crippen LogP contribution < -0.4 is 0 Å². The number of rotatable bonds is 1. The van der Waals surface area contributed by atoms with Gasteiger partial charge in [-0.1, -0.05) is 47.5 Å². The molecule has 0 aliphatic heterocycles. The molecule has 0 unspecified atom stereocenters. The Bertz CT molecular complexity index is 451. The second-order valence-electron chi connectivity index (χ2n) is 3.09. The minimum absolute atomic E-state index is 0.704.